The molecule has 0 aliphatic heterocycles. The molecule has 0 unspecified atom stereocenters. The Kier molecular flexibility index (Phi) is 1160. The van der Waals surface area contributed by atoms with Crippen LogP contribution in [0.15, 0.2) is 0 Å². The van der Waals surface area contributed by atoms with Gasteiger partial charge in [-0.25, -0.2) is 0 Å². The second-order valence-corrected chi connectivity index (χ2v) is 0. The Hall–Kier alpha value is 3.90. The summed E-state index contributed by atoms with van der Waals surface area (Å²) in [4.78, 5) is 0. The van der Waals surface area contributed by atoms with Gasteiger partial charge in [0.25, 0.3) is 0 Å². The molecular weight excluding hydrogens is 274 g/mol. The minimum atomic E-state index is 0. The van der Waals surface area contributed by atoms with Crippen molar-refractivity contribution >= 4 is 8.41 Å². The van der Waals surface area contributed by atoms with E-state index in [0.29, 0.717) is 0 Å². The average Bonchev–Trinajstić information content (AvgIpc) is 1.00. The number of halogens is 4. The first kappa shape index (κ1) is 96.4. The Morgan fingerprint density at radius 3 is 0.700 bits per heavy atom. The van der Waals surface area contributed by atoms with Gasteiger partial charge in [0.2, 0.25) is 0 Å². The predicted molar refractivity (Wildman–Crippen MR) is 17.3 cm³/mol. The molecule has 0 atom stereocenters. The minimum absolute atomic E-state index is 0. The molecule has 0 N–H and O–H groups in total. The van der Waals surface area contributed by atoms with Crippen molar-refractivity contribution in [3.8, 4) is 0 Å². The molecule has 9 heteroatoms. The molecule has 0 spiro atoms. The molecule has 0 aliphatic carbocycles. The second-order valence-electron chi connectivity index (χ2n) is 0. The van der Waals surface area contributed by atoms with Crippen molar-refractivity contribution in [2.45, 2.75) is 0 Å². The fraction of sp³-hybridized carbons (Fsp3) is 1.00. The Bertz CT molecular complexity index is 23.2. The van der Waals surface area contributed by atoms with Gasteiger partial charge in [-0.1, -0.05) is 8.41 Å². The number of rotatable bonds is 0. The molecule has 0 radical (unpaired) electrons. The number of hydrogen-bond donors (Lipinski definition) is 0. The van der Waals surface area contributed by atoms with E-state index in [9.17, 15) is 0 Å². The van der Waals surface area contributed by atoms with Gasteiger partial charge in [-0.05, 0) is 0 Å². The van der Waals surface area contributed by atoms with E-state index in [4.69, 9.17) is 5.11 Å². The Morgan fingerprint density at radius 1 is 0.700 bits per heavy atom. The third-order valence-corrected chi connectivity index (χ3v) is 0. The van der Waals surface area contributed by atoms with E-state index >= 15 is 0 Å². The van der Waals surface area contributed by atoms with Gasteiger partial charge in [0.1, 0.15) is 0 Å². The summed E-state index contributed by atoms with van der Waals surface area (Å²) in [5.74, 6) is 0. The largest absolute Gasteiger partial charge is 4.00 e. The van der Waals surface area contributed by atoms with Crippen LogP contribution < -0.4 is 114 Å². The van der Waals surface area contributed by atoms with Crippen LogP contribution in [0.25, 0.3) is 0 Å². The monoisotopic (exact) mass is 280 g/mol. The molecule has 0 aromatic carbocycles. The first-order valence-corrected chi connectivity index (χ1v) is 0.408. The zero-order valence-electron chi connectivity index (χ0n) is 5.42. The molecule has 0 aromatic heterocycles. The zero-order valence-corrected chi connectivity index (χ0v) is 14.0. The van der Waals surface area contributed by atoms with E-state index in [1.165, 1.54) is 0 Å². The first-order chi connectivity index (χ1) is 1.00. The summed E-state index contributed by atoms with van der Waals surface area (Å²) in [5.41, 5.74) is 0. The molecule has 0 bridgehead atoms. The topological polar surface area (TPSA) is 23.1 Å². The average molecular weight is 282 g/mol. The number of hydrogen-bond acceptors (Lipinski definition) is 1. The summed E-state index contributed by atoms with van der Waals surface area (Å²) in [7, 11) is 0.750. The van der Waals surface area contributed by atoms with Gasteiger partial charge in [0, 0.05) is 0 Å². The van der Waals surface area contributed by atoms with Crippen LogP contribution in [0.4, 0.5) is 0 Å². The summed E-state index contributed by atoms with van der Waals surface area (Å²) < 4.78 is 0. The molecule has 0 fully saturated rings. The predicted octanol–water partition coefficient (Wildman–Crippen LogP) is -20.5. The summed E-state index contributed by atoms with van der Waals surface area (Å²) in [6.07, 6.45) is 0. The van der Waals surface area contributed by atoms with E-state index in [0.717, 1.165) is 7.11 Å². The first-order valence-electron chi connectivity index (χ1n) is 0.408. The fourth-order valence-electron chi connectivity index (χ4n) is 0. The van der Waals surface area contributed by atoms with Crippen molar-refractivity contribution in [3.05, 3.63) is 0 Å². The third-order valence-electron chi connectivity index (χ3n) is 0. The summed E-state index contributed by atoms with van der Waals surface area (Å²) in [6, 6.07) is 0. The van der Waals surface area contributed by atoms with E-state index in [2.05, 4.69) is 0 Å². The fourth-order valence-corrected chi connectivity index (χ4v) is 0. The van der Waals surface area contributed by atoms with Crippen LogP contribution in [0.1, 0.15) is 0 Å². The van der Waals surface area contributed by atoms with Crippen molar-refractivity contribution < 1.29 is 136 Å². The maximum absolute atomic E-state index is 8.25. The smallest absolute Gasteiger partial charge is 1.00 e. The molecule has 1 nitrogen and oxygen atoms in total. The summed E-state index contributed by atoms with van der Waals surface area (Å²) >= 11 is 0. The van der Waals surface area contributed by atoms with E-state index in [-0.39, 0.29) is 139 Å². The van der Waals surface area contributed by atoms with Crippen molar-refractivity contribution in [1.29, 1.82) is 0 Å². The van der Waals surface area contributed by atoms with Gasteiger partial charge in [-0.3, -0.25) is 0 Å². The molecule has 0 saturated heterocycles. The van der Waals surface area contributed by atoms with Gasteiger partial charge in [0.05, 0.1) is 0 Å². The second kappa shape index (κ2) is 120. The molecule has 0 heterocycles. The normalized spacial score (nSPS) is 0.600. The molecule has 10 heavy (non-hydrogen) atoms. The van der Waals surface area contributed by atoms with Crippen molar-refractivity contribution in [3.63, 3.8) is 0 Å². The Labute approximate surface area is 148 Å². The van der Waals surface area contributed by atoms with Crippen LogP contribution >= 0.6 is 0 Å². The maximum atomic E-state index is 8.25. The van der Waals surface area contributed by atoms with Crippen LogP contribution in [0.3, 0.4) is 0 Å². The molecule has 0 aromatic rings. The van der Waals surface area contributed by atoms with Gasteiger partial charge in [-0.2, -0.15) is 7.11 Å². The molecular formula is CH7BCl4Na2OTi. The van der Waals surface area contributed by atoms with Gasteiger partial charge in [0.15, 0.2) is 0 Å². The standard InChI is InChI=1S/CH3O.BH4.4ClH.2Na.Ti/c1-2;;;;;;;;/h1H3;1H4;4*1H;;;/q2*-1;;;;;2*+1;+4/p-4. The van der Waals surface area contributed by atoms with Crippen molar-refractivity contribution in [1.82, 2.24) is 0 Å². The van der Waals surface area contributed by atoms with E-state index in [1.54, 1.807) is 0 Å². The van der Waals surface area contributed by atoms with Gasteiger partial charge in [-0.15, -0.1) is 0 Å². The van der Waals surface area contributed by atoms with E-state index < -0.39 is 0 Å². The molecule has 54 valence electrons. The van der Waals surface area contributed by atoms with Crippen LogP contribution in [0.2, 0.25) is 0 Å². The Balaban J connectivity index is -0.000000000179. The van der Waals surface area contributed by atoms with Crippen LogP contribution in [-0.2, 0) is 21.7 Å². The summed E-state index contributed by atoms with van der Waals surface area (Å²) in [6.45, 7) is 0. The van der Waals surface area contributed by atoms with Crippen LogP contribution in [-0.4, -0.2) is 15.5 Å². The van der Waals surface area contributed by atoms with Crippen molar-refractivity contribution in [2.24, 2.45) is 0 Å². The molecule has 0 aliphatic rings. The summed E-state index contributed by atoms with van der Waals surface area (Å²) in [5, 5.41) is 8.25. The van der Waals surface area contributed by atoms with Crippen LogP contribution in [0.5, 0.6) is 0 Å². The quantitative estimate of drug-likeness (QED) is 0.405. The molecule has 0 rings (SSSR count). The molecule has 0 amide bonds. The van der Waals surface area contributed by atoms with Crippen molar-refractivity contribution in [2.75, 3.05) is 7.11 Å². The molecule has 0 saturated carbocycles. The van der Waals surface area contributed by atoms with Crippen LogP contribution in [0, 0.1) is 0 Å². The van der Waals surface area contributed by atoms with Gasteiger partial charge < -0.3 is 54.7 Å². The zero-order chi connectivity index (χ0) is 2.00. The maximum Gasteiger partial charge on any atom is 4.00 e. The third kappa shape index (κ3) is 93.0. The van der Waals surface area contributed by atoms with Gasteiger partial charge >= 0.3 is 80.8 Å². The van der Waals surface area contributed by atoms with E-state index in [1.807, 2.05) is 0 Å². The SMILES string of the molecule is C[O-].[BH4-].[Cl-].[Cl-].[Cl-].[Cl-].[Na+].[Na+].[Ti+4]. The minimum Gasteiger partial charge on any atom is -1.00 e. The Morgan fingerprint density at radius 2 is 0.700 bits per heavy atom.